The van der Waals surface area contributed by atoms with Crippen molar-refractivity contribution in [2.24, 2.45) is 5.73 Å². The molecule has 5 N–H and O–H groups in total. The first kappa shape index (κ1) is 11.6. The van der Waals surface area contributed by atoms with Crippen LogP contribution in [0.25, 0.3) is 0 Å². The maximum Gasteiger partial charge on any atom is 0.265 e. The smallest absolute Gasteiger partial charge is 0.265 e. The van der Waals surface area contributed by atoms with Crippen LogP contribution in [0.4, 0.5) is 0 Å². The Bertz CT molecular complexity index is 296. The number of hydrogen-bond donors (Lipinski definition) is 3. The Morgan fingerprint density at radius 1 is 1.67 bits per heavy atom. The van der Waals surface area contributed by atoms with E-state index in [9.17, 15) is 4.79 Å². The van der Waals surface area contributed by atoms with Crippen molar-refractivity contribution in [1.29, 1.82) is 0 Å². The summed E-state index contributed by atoms with van der Waals surface area (Å²) in [5.74, 6) is 0.381. The molecule has 0 aliphatic carbocycles. The summed E-state index contributed by atoms with van der Waals surface area (Å²) in [6.07, 6.45) is 2.44. The molecule has 1 aliphatic heterocycles. The molecule has 15 heavy (non-hydrogen) atoms. The molecule has 0 unspecified atom stereocenters. The van der Waals surface area contributed by atoms with E-state index in [-0.39, 0.29) is 17.8 Å². The topological polar surface area (TPSA) is 83.9 Å². The van der Waals surface area contributed by atoms with Gasteiger partial charge in [-0.05, 0) is 13.8 Å². The number of amidine groups is 1. The quantitative estimate of drug-likeness (QED) is 0.373. The number of hydrogen-bond acceptors (Lipinski definition) is 2. The average Bonchev–Trinajstić information content (AvgIpc) is 2.28. The maximum atomic E-state index is 11.7. The fourth-order valence-corrected chi connectivity index (χ4v) is 1.62. The van der Waals surface area contributed by atoms with Crippen molar-refractivity contribution in [3.8, 4) is 0 Å². The summed E-state index contributed by atoms with van der Waals surface area (Å²) in [6, 6.07) is 0.234. The molecule has 84 valence electrons. The fraction of sp³-hybridized carbons (Fsp3) is 0.600. The number of nitrogens with one attached hydrogen (secondary N) is 1. The highest BCUT2D eigenvalue weighted by Gasteiger charge is 2.20. The normalized spacial score (nSPS) is 20.3. The lowest BCUT2D eigenvalue weighted by Crippen LogP contribution is -2.44. The first-order chi connectivity index (χ1) is 7.00. The zero-order chi connectivity index (χ0) is 11.4. The molecule has 1 heterocycles. The summed E-state index contributed by atoms with van der Waals surface area (Å²) < 4.78 is 0. The van der Waals surface area contributed by atoms with E-state index in [1.165, 1.54) is 0 Å². The van der Waals surface area contributed by atoms with Gasteiger partial charge in [0.15, 0.2) is 0 Å². The van der Waals surface area contributed by atoms with Gasteiger partial charge in [0, 0.05) is 30.8 Å². The van der Waals surface area contributed by atoms with Crippen LogP contribution >= 0.6 is 0 Å². The third kappa shape index (κ3) is 3.27. The molecule has 0 aromatic rings. The second-order valence-electron chi connectivity index (χ2n) is 3.95. The third-order valence-corrected chi connectivity index (χ3v) is 2.37. The summed E-state index contributed by atoms with van der Waals surface area (Å²) in [5.41, 5.74) is 6.31. The van der Waals surface area contributed by atoms with Crippen LogP contribution in [-0.4, -0.2) is 35.8 Å². The minimum atomic E-state index is 0.115. The second kappa shape index (κ2) is 4.82. The van der Waals surface area contributed by atoms with Gasteiger partial charge in [0.25, 0.3) is 5.84 Å². The van der Waals surface area contributed by atoms with Crippen LogP contribution in [0.15, 0.2) is 11.8 Å². The van der Waals surface area contributed by atoms with Crippen LogP contribution < -0.4 is 16.5 Å². The minimum Gasteiger partial charge on any atom is -0.379 e. The average molecular weight is 211 g/mol. The number of carbonyl (C=O) groups is 1. The van der Waals surface area contributed by atoms with Crippen molar-refractivity contribution in [2.75, 3.05) is 13.1 Å². The number of carbonyl (C=O) groups excluding carboxylic acids is 1. The highest BCUT2D eigenvalue weighted by molar-refractivity contribution is 5.87. The highest BCUT2D eigenvalue weighted by Crippen LogP contribution is 2.08. The summed E-state index contributed by atoms with van der Waals surface area (Å²) in [4.78, 5) is 13.5. The molecule has 0 saturated carbocycles. The molecular weight excluding hydrogens is 192 g/mol. The highest BCUT2D eigenvalue weighted by atomic mass is 16.2. The van der Waals surface area contributed by atoms with Crippen molar-refractivity contribution in [3.63, 3.8) is 0 Å². The minimum absolute atomic E-state index is 0.115. The summed E-state index contributed by atoms with van der Waals surface area (Å²) >= 11 is 0. The summed E-state index contributed by atoms with van der Waals surface area (Å²) in [7, 11) is 0. The van der Waals surface area contributed by atoms with Gasteiger partial charge in [0.05, 0.1) is 6.54 Å². The molecule has 1 aliphatic rings. The molecule has 0 aromatic heterocycles. The second-order valence-corrected chi connectivity index (χ2v) is 3.95. The van der Waals surface area contributed by atoms with Gasteiger partial charge in [-0.1, -0.05) is 0 Å². The first-order valence-corrected chi connectivity index (χ1v) is 5.12. The molecule has 5 heteroatoms. The van der Waals surface area contributed by atoms with Gasteiger partial charge in [-0.2, -0.15) is 0 Å². The predicted molar refractivity (Wildman–Crippen MR) is 58.7 cm³/mol. The monoisotopic (exact) mass is 211 g/mol. The number of nitrogens with two attached hydrogens (primary N) is 2. The van der Waals surface area contributed by atoms with Crippen molar-refractivity contribution in [2.45, 2.75) is 26.3 Å². The zero-order valence-corrected chi connectivity index (χ0v) is 9.29. The van der Waals surface area contributed by atoms with Crippen molar-refractivity contribution < 1.29 is 10.2 Å². The first-order valence-electron chi connectivity index (χ1n) is 5.12. The van der Waals surface area contributed by atoms with Gasteiger partial charge in [-0.25, -0.2) is 0 Å². The van der Waals surface area contributed by atoms with Crippen LogP contribution in [0.1, 0.15) is 20.3 Å². The van der Waals surface area contributed by atoms with Gasteiger partial charge in [-0.3, -0.25) is 15.9 Å². The van der Waals surface area contributed by atoms with Crippen molar-refractivity contribution >= 4 is 11.7 Å². The van der Waals surface area contributed by atoms with Crippen LogP contribution in [0, 0.1) is 0 Å². The van der Waals surface area contributed by atoms with Crippen LogP contribution in [0.3, 0.4) is 0 Å². The Morgan fingerprint density at radius 2 is 2.33 bits per heavy atom. The Hall–Kier alpha value is -1.52. The largest absolute Gasteiger partial charge is 0.379 e. The Morgan fingerprint density at radius 3 is 2.87 bits per heavy atom. The van der Waals surface area contributed by atoms with Gasteiger partial charge in [0.2, 0.25) is 5.91 Å². The van der Waals surface area contributed by atoms with Crippen LogP contribution in [0.5, 0.6) is 0 Å². The van der Waals surface area contributed by atoms with Gasteiger partial charge >= 0.3 is 0 Å². The molecule has 0 atom stereocenters. The molecule has 0 radical (unpaired) electrons. The Balaban J connectivity index is 2.69. The molecule has 0 bridgehead atoms. The standard InChI is InChI=1S/C10H18N4O/c1-7(2)14-4-3-8(5-9(11)12)13-6-10(14)15/h5,7,13H,3-4,6H2,1-2H3,(H3,11,12)/p+1/b8-5-. The Labute approximate surface area is 89.8 Å². The van der Waals surface area contributed by atoms with Crippen molar-refractivity contribution in [1.82, 2.24) is 10.2 Å². The van der Waals surface area contributed by atoms with E-state index >= 15 is 0 Å². The van der Waals surface area contributed by atoms with E-state index in [2.05, 4.69) is 5.32 Å². The predicted octanol–water partition coefficient (Wildman–Crippen LogP) is -1.78. The molecule has 1 amide bonds. The van der Waals surface area contributed by atoms with E-state index in [1.54, 1.807) is 6.08 Å². The maximum absolute atomic E-state index is 11.7. The molecule has 1 fully saturated rings. The van der Waals surface area contributed by atoms with Gasteiger partial charge in [-0.15, -0.1) is 0 Å². The Kier molecular flexibility index (Phi) is 3.71. The van der Waals surface area contributed by atoms with E-state index in [0.29, 0.717) is 13.1 Å². The summed E-state index contributed by atoms with van der Waals surface area (Å²) in [6.45, 7) is 5.05. The molecule has 0 aromatic carbocycles. The lowest BCUT2D eigenvalue weighted by Gasteiger charge is -2.24. The van der Waals surface area contributed by atoms with Crippen LogP contribution in [-0.2, 0) is 4.79 Å². The number of nitrogens with zero attached hydrogens (tertiary/aromatic N) is 1. The third-order valence-electron chi connectivity index (χ3n) is 2.37. The van der Waals surface area contributed by atoms with Crippen LogP contribution in [0.2, 0.25) is 0 Å². The van der Waals surface area contributed by atoms with E-state index in [0.717, 1.165) is 12.1 Å². The van der Waals surface area contributed by atoms with Gasteiger partial charge in [0.1, 0.15) is 0 Å². The molecule has 0 spiro atoms. The lowest BCUT2D eigenvalue weighted by atomic mass is 10.2. The fourth-order valence-electron chi connectivity index (χ4n) is 1.62. The van der Waals surface area contributed by atoms with E-state index < -0.39 is 0 Å². The van der Waals surface area contributed by atoms with E-state index in [4.69, 9.17) is 11.1 Å². The summed E-state index contributed by atoms with van der Waals surface area (Å²) in [5, 5.41) is 8.42. The molecular formula is C10H19N4O+. The zero-order valence-electron chi connectivity index (χ0n) is 9.29. The molecule has 5 nitrogen and oxygen atoms in total. The molecule has 1 rings (SSSR count). The SMILES string of the molecule is CC(C)N1CC/C(=C/C(N)=[NH2+])NCC1=O. The van der Waals surface area contributed by atoms with E-state index in [1.807, 2.05) is 18.7 Å². The number of rotatable bonds is 2. The number of amides is 1. The van der Waals surface area contributed by atoms with Gasteiger partial charge < -0.3 is 10.2 Å². The van der Waals surface area contributed by atoms with Crippen molar-refractivity contribution in [3.05, 3.63) is 11.8 Å². The lowest BCUT2D eigenvalue weighted by molar-refractivity contribution is -0.131. The molecule has 1 saturated heterocycles.